The normalized spacial score (nSPS) is 10.1. The van der Waals surface area contributed by atoms with Crippen molar-refractivity contribution in [1.29, 1.82) is 0 Å². The lowest BCUT2D eigenvalue weighted by molar-refractivity contribution is -0.123. The highest BCUT2D eigenvalue weighted by molar-refractivity contribution is 6.06. The van der Waals surface area contributed by atoms with Gasteiger partial charge in [0.15, 0.2) is 6.61 Å². The Bertz CT molecular complexity index is 686. The summed E-state index contributed by atoms with van der Waals surface area (Å²) in [5, 5.41) is 5.63. The van der Waals surface area contributed by atoms with Gasteiger partial charge in [-0.2, -0.15) is 0 Å². The molecule has 0 atom stereocenters. The fourth-order valence-electron chi connectivity index (χ4n) is 2.30. The van der Waals surface area contributed by atoms with E-state index in [0.717, 1.165) is 19.3 Å². The molecule has 5 nitrogen and oxygen atoms in total. The third-order valence-electron chi connectivity index (χ3n) is 3.62. The molecule has 0 aromatic heterocycles. The second kappa shape index (κ2) is 10.1. The van der Waals surface area contributed by atoms with E-state index in [1.54, 1.807) is 24.3 Å². The molecule has 25 heavy (non-hydrogen) atoms. The summed E-state index contributed by atoms with van der Waals surface area (Å²) in [5.41, 5.74) is 1.10. The number of hydrogen-bond donors (Lipinski definition) is 2. The fraction of sp³-hybridized carbons (Fsp3) is 0.300. The third-order valence-corrected chi connectivity index (χ3v) is 3.62. The van der Waals surface area contributed by atoms with Crippen LogP contribution < -0.4 is 15.4 Å². The average molecular weight is 340 g/mol. The Morgan fingerprint density at radius 3 is 2.44 bits per heavy atom. The maximum Gasteiger partial charge on any atom is 0.259 e. The SMILES string of the molecule is CCCCCNC(=O)COc1ccccc1C(=O)Nc1ccccc1. The Hall–Kier alpha value is -2.82. The van der Waals surface area contributed by atoms with Crippen LogP contribution in [0.3, 0.4) is 0 Å². The Morgan fingerprint density at radius 1 is 0.960 bits per heavy atom. The first-order valence-corrected chi connectivity index (χ1v) is 8.55. The van der Waals surface area contributed by atoms with Crippen molar-refractivity contribution in [1.82, 2.24) is 5.32 Å². The van der Waals surface area contributed by atoms with Crippen molar-refractivity contribution in [2.45, 2.75) is 26.2 Å². The largest absolute Gasteiger partial charge is 0.483 e. The highest BCUT2D eigenvalue weighted by Crippen LogP contribution is 2.19. The molecule has 2 amide bonds. The predicted molar refractivity (Wildman–Crippen MR) is 98.9 cm³/mol. The summed E-state index contributed by atoms with van der Waals surface area (Å²) in [7, 11) is 0. The van der Waals surface area contributed by atoms with Gasteiger partial charge in [-0.1, -0.05) is 50.1 Å². The third kappa shape index (κ3) is 6.30. The molecule has 0 bridgehead atoms. The lowest BCUT2D eigenvalue weighted by atomic mass is 10.2. The van der Waals surface area contributed by atoms with Crippen molar-refractivity contribution < 1.29 is 14.3 Å². The van der Waals surface area contributed by atoms with Crippen molar-refractivity contribution >= 4 is 17.5 Å². The number of unbranched alkanes of at least 4 members (excludes halogenated alkanes) is 2. The first-order chi connectivity index (χ1) is 12.2. The van der Waals surface area contributed by atoms with Crippen LogP contribution in [-0.4, -0.2) is 25.0 Å². The van der Waals surface area contributed by atoms with Gasteiger partial charge in [0, 0.05) is 12.2 Å². The highest BCUT2D eigenvalue weighted by atomic mass is 16.5. The van der Waals surface area contributed by atoms with Gasteiger partial charge < -0.3 is 15.4 Å². The van der Waals surface area contributed by atoms with Crippen LogP contribution in [0.4, 0.5) is 5.69 Å². The van der Waals surface area contributed by atoms with Gasteiger partial charge >= 0.3 is 0 Å². The number of amides is 2. The van der Waals surface area contributed by atoms with E-state index in [4.69, 9.17) is 4.74 Å². The van der Waals surface area contributed by atoms with Crippen LogP contribution in [0.2, 0.25) is 0 Å². The summed E-state index contributed by atoms with van der Waals surface area (Å²) < 4.78 is 5.54. The second-order valence-corrected chi connectivity index (χ2v) is 5.66. The van der Waals surface area contributed by atoms with Crippen LogP contribution in [-0.2, 0) is 4.79 Å². The van der Waals surface area contributed by atoms with E-state index in [1.165, 1.54) is 0 Å². The number of rotatable bonds is 9. The van der Waals surface area contributed by atoms with Crippen molar-refractivity contribution in [3.8, 4) is 5.75 Å². The number of hydrogen-bond acceptors (Lipinski definition) is 3. The van der Waals surface area contributed by atoms with Crippen molar-refractivity contribution in [3.05, 3.63) is 60.2 Å². The van der Waals surface area contributed by atoms with Gasteiger partial charge in [0.25, 0.3) is 11.8 Å². The molecule has 2 aromatic rings. The van der Waals surface area contributed by atoms with Crippen molar-refractivity contribution in [2.75, 3.05) is 18.5 Å². The smallest absolute Gasteiger partial charge is 0.259 e. The molecule has 0 aliphatic rings. The fourth-order valence-corrected chi connectivity index (χ4v) is 2.30. The molecule has 132 valence electrons. The van der Waals surface area contributed by atoms with Crippen molar-refractivity contribution in [2.24, 2.45) is 0 Å². The highest BCUT2D eigenvalue weighted by Gasteiger charge is 2.13. The summed E-state index contributed by atoms with van der Waals surface area (Å²) in [6.45, 7) is 2.65. The van der Waals surface area contributed by atoms with E-state index in [9.17, 15) is 9.59 Å². The van der Waals surface area contributed by atoms with Crippen LogP contribution in [0.15, 0.2) is 54.6 Å². The molecule has 2 N–H and O–H groups in total. The standard InChI is InChI=1S/C20H24N2O3/c1-2-3-9-14-21-19(23)15-25-18-13-8-7-12-17(18)20(24)22-16-10-5-4-6-11-16/h4-8,10-13H,2-3,9,14-15H2,1H3,(H,21,23)(H,22,24). The maximum atomic E-state index is 12.4. The zero-order valence-electron chi connectivity index (χ0n) is 14.5. The summed E-state index contributed by atoms with van der Waals surface area (Å²) in [6, 6.07) is 16.1. The molecule has 0 aliphatic carbocycles. The molecule has 2 aromatic carbocycles. The van der Waals surface area contributed by atoms with Crippen LogP contribution in [0.25, 0.3) is 0 Å². The topological polar surface area (TPSA) is 67.4 Å². The van der Waals surface area contributed by atoms with Crippen LogP contribution >= 0.6 is 0 Å². The molecule has 0 aliphatic heterocycles. The molecular weight excluding hydrogens is 316 g/mol. The molecule has 0 fully saturated rings. The molecule has 0 unspecified atom stereocenters. The molecule has 2 rings (SSSR count). The molecule has 0 saturated heterocycles. The minimum absolute atomic E-state index is 0.109. The first-order valence-electron chi connectivity index (χ1n) is 8.55. The summed E-state index contributed by atoms with van der Waals surface area (Å²) in [4.78, 5) is 24.2. The lowest BCUT2D eigenvalue weighted by Gasteiger charge is -2.12. The second-order valence-electron chi connectivity index (χ2n) is 5.66. The van der Waals surface area contributed by atoms with E-state index in [2.05, 4.69) is 17.6 Å². The first kappa shape index (κ1) is 18.5. The Kier molecular flexibility index (Phi) is 7.50. The number of anilines is 1. The van der Waals surface area contributed by atoms with Crippen molar-refractivity contribution in [3.63, 3.8) is 0 Å². The quantitative estimate of drug-likeness (QED) is 0.685. The van der Waals surface area contributed by atoms with Crippen LogP contribution in [0.1, 0.15) is 36.5 Å². The number of ether oxygens (including phenoxy) is 1. The molecule has 0 saturated carbocycles. The number of benzene rings is 2. The zero-order valence-corrected chi connectivity index (χ0v) is 14.5. The molecular formula is C20H24N2O3. The van der Waals surface area contributed by atoms with E-state index in [0.29, 0.717) is 23.5 Å². The lowest BCUT2D eigenvalue weighted by Crippen LogP contribution is -2.30. The number of carbonyl (C=O) groups excluding carboxylic acids is 2. The van der Waals surface area contributed by atoms with Crippen LogP contribution in [0.5, 0.6) is 5.75 Å². The van der Waals surface area contributed by atoms with Crippen LogP contribution in [0, 0.1) is 0 Å². The predicted octanol–water partition coefficient (Wildman–Crippen LogP) is 3.62. The molecule has 0 heterocycles. The minimum atomic E-state index is -0.273. The van der Waals surface area contributed by atoms with Gasteiger partial charge in [0.1, 0.15) is 5.75 Å². The molecule has 0 spiro atoms. The number of nitrogens with one attached hydrogen (secondary N) is 2. The van der Waals surface area contributed by atoms with E-state index in [1.807, 2.05) is 30.3 Å². The Morgan fingerprint density at radius 2 is 1.68 bits per heavy atom. The average Bonchev–Trinajstić information content (AvgIpc) is 2.64. The van der Waals surface area contributed by atoms with E-state index >= 15 is 0 Å². The summed E-state index contributed by atoms with van der Waals surface area (Å²) >= 11 is 0. The maximum absolute atomic E-state index is 12.4. The van der Waals surface area contributed by atoms with Gasteiger partial charge in [0.05, 0.1) is 5.56 Å². The van der Waals surface area contributed by atoms with E-state index < -0.39 is 0 Å². The van der Waals surface area contributed by atoms with Gasteiger partial charge in [-0.3, -0.25) is 9.59 Å². The minimum Gasteiger partial charge on any atom is -0.483 e. The molecule has 5 heteroatoms. The van der Waals surface area contributed by atoms with Gasteiger partial charge in [-0.05, 0) is 30.7 Å². The Balaban J connectivity index is 1.91. The van der Waals surface area contributed by atoms with E-state index in [-0.39, 0.29) is 18.4 Å². The number of carbonyl (C=O) groups is 2. The van der Waals surface area contributed by atoms with Gasteiger partial charge in [0.2, 0.25) is 0 Å². The monoisotopic (exact) mass is 340 g/mol. The number of para-hydroxylation sites is 2. The van der Waals surface area contributed by atoms with Gasteiger partial charge in [-0.25, -0.2) is 0 Å². The molecule has 0 radical (unpaired) electrons. The summed E-state index contributed by atoms with van der Waals surface area (Å²) in [5.74, 6) is -0.0702. The summed E-state index contributed by atoms with van der Waals surface area (Å²) in [6.07, 6.45) is 3.15. The zero-order chi connectivity index (χ0) is 17.9. The van der Waals surface area contributed by atoms with Gasteiger partial charge in [-0.15, -0.1) is 0 Å². The Labute approximate surface area is 148 Å².